The molecular formula is C14H13NO2. The molecule has 86 valence electrons. The number of fused-ring (bicyclic) bond motifs is 1. The average Bonchev–Trinajstić information content (AvgIpc) is 3.22. The third-order valence-electron chi connectivity index (χ3n) is 3.56. The minimum absolute atomic E-state index is 0.266. The fraction of sp³-hybridized carbons (Fsp3) is 0.429. The van der Waals surface area contributed by atoms with Crippen molar-refractivity contribution in [3.05, 3.63) is 29.7 Å². The van der Waals surface area contributed by atoms with E-state index in [0.717, 1.165) is 35.4 Å². The first kappa shape index (κ1) is 9.40. The SMILES string of the molecule is O=C(c1ccc2oc(C3CC3)nc2c1)C1CC1. The lowest BCUT2D eigenvalue weighted by Crippen LogP contribution is -2.00. The van der Waals surface area contributed by atoms with Crippen molar-refractivity contribution in [3.8, 4) is 0 Å². The van der Waals surface area contributed by atoms with Crippen LogP contribution in [0.3, 0.4) is 0 Å². The van der Waals surface area contributed by atoms with Gasteiger partial charge in [0.25, 0.3) is 0 Å². The summed E-state index contributed by atoms with van der Waals surface area (Å²) >= 11 is 0. The lowest BCUT2D eigenvalue weighted by Gasteiger charge is -1.96. The molecule has 2 aliphatic carbocycles. The highest BCUT2D eigenvalue weighted by Crippen LogP contribution is 2.40. The molecule has 0 N–H and O–H groups in total. The van der Waals surface area contributed by atoms with Crippen molar-refractivity contribution in [2.45, 2.75) is 31.6 Å². The highest BCUT2D eigenvalue weighted by Gasteiger charge is 2.31. The highest BCUT2D eigenvalue weighted by atomic mass is 16.3. The number of ketones is 1. The fourth-order valence-electron chi connectivity index (χ4n) is 2.18. The molecule has 1 aromatic heterocycles. The third kappa shape index (κ3) is 1.57. The summed E-state index contributed by atoms with van der Waals surface area (Å²) in [5.74, 6) is 1.89. The van der Waals surface area contributed by atoms with Crippen molar-refractivity contribution < 1.29 is 9.21 Å². The highest BCUT2D eigenvalue weighted by molar-refractivity contribution is 6.01. The molecule has 0 unspecified atom stereocenters. The number of oxazole rings is 1. The Balaban J connectivity index is 1.76. The summed E-state index contributed by atoms with van der Waals surface area (Å²) < 4.78 is 5.68. The molecule has 0 amide bonds. The zero-order valence-corrected chi connectivity index (χ0v) is 9.48. The Kier molecular flexibility index (Phi) is 1.76. The number of nitrogens with zero attached hydrogens (tertiary/aromatic N) is 1. The summed E-state index contributed by atoms with van der Waals surface area (Å²) in [5.41, 5.74) is 2.42. The number of rotatable bonds is 3. The van der Waals surface area contributed by atoms with Crippen LogP contribution in [0.25, 0.3) is 11.1 Å². The van der Waals surface area contributed by atoms with Gasteiger partial charge in [-0.2, -0.15) is 0 Å². The summed E-state index contributed by atoms with van der Waals surface area (Å²) in [7, 11) is 0. The maximum Gasteiger partial charge on any atom is 0.198 e. The van der Waals surface area contributed by atoms with E-state index < -0.39 is 0 Å². The van der Waals surface area contributed by atoms with E-state index in [1.165, 1.54) is 12.8 Å². The molecule has 0 atom stereocenters. The van der Waals surface area contributed by atoms with Gasteiger partial charge in [0.1, 0.15) is 5.52 Å². The second-order valence-electron chi connectivity index (χ2n) is 5.15. The van der Waals surface area contributed by atoms with E-state index in [1.54, 1.807) is 0 Å². The van der Waals surface area contributed by atoms with E-state index in [9.17, 15) is 4.79 Å². The van der Waals surface area contributed by atoms with Crippen LogP contribution in [0.15, 0.2) is 22.6 Å². The number of carbonyl (C=O) groups excluding carboxylic acids is 1. The van der Waals surface area contributed by atoms with Crippen LogP contribution in [0.4, 0.5) is 0 Å². The summed E-state index contributed by atoms with van der Waals surface area (Å²) in [6.45, 7) is 0. The fourth-order valence-corrected chi connectivity index (χ4v) is 2.18. The van der Waals surface area contributed by atoms with Gasteiger partial charge in [-0.1, -0.05) is 0 Å². The van der Waals surface area contributed by atoms with Crippen LogP contribution in [0, 0.1) is 5.92 Å². The number of carbonyl (C=O) groups is 1. The Morgan fingerprint density at radius 1 is 1.24 bits per heavy atom. The first-order chi connectivity index (χ1) is 8.31. The number of aromatic nitrogens is 1. The maximum atomic E-state index is 11.9. The molecular weight excluding hydrogens is 214 g/mol. The monoisotopic (exact) mass is 227 g/mol. The Morgan fingerprint density at radius 3 is 2.76 bits per heavy atom. The van der Waals surface area contributed by atoms with E-state index in [4.69, 9.17) is 4.42 Å². The molecule has 17 heavy (non-hydrogen) atoms. The number of Topliss-reactive ketones (excluding diaryl/α,β-unsaturated/α-hetero) is 1. The Morgan fingerprint density at radius 2 is 2.06 bits per heavy atom. The van der Waals surface area contributed by atoms with Crippen LogP contribution >= 0.6 is 0 Å². The molecule has 2 saturated carbocycles. The largest absolute Gasteiger partial charge is 0.440 e. The predicted molar refractivity (Wildman–Crippen MR) is 63.0 cm³/mol. The van der Waals surface area contributed by atoms with Crippen LogP contribution in [-0.2, 0) is 0 Å². The topological polar surface area (TPSA) is 43.1 Å². The molecule has 1 aromatic carbocycles. The van der Waals surface area contributed by atoms with Crippen LogP contribution in [-0.4, -0.2) is 10.8 Å². The van der Waals surface area contributed by atoms with Gasteiger partial charge in [0, 0.05) is 17.4 Å². The quantitative estimate of drug-likeness (QED) is 0.755. The van der Waals surface area contributed by atoms with E-state index in [0.29, 0.717) is 5.92 Å². The van der Waals surface area contributed by atoms with Gasteiger partial charge in [0.15, 0.2) is 17.3 Å². The van der Waals surface area contributed by atoms with Gasteiger partial charge in [-0.25, -0.2) is 4.98 Å². The molecule has 3 heteroatoms. The van der Waals surface area contributed by atoms with E-state index >= 15 is 0 Å². The number of benzene rings is 1. The van der Waals surface area contributed by atoms with Crippen LogP contribution in [0.5, 0.6) is 0 Å². The van der Waals surface area contributed by atoms with Gasteiger partial charge in [0.05, 0.1) is 0 Å². The average molecular weight is 227 g/mol. The van der Waals surface area contributed by atoms with E-state index in [2.05, 4.69) is 4.98 Å². The Labute approximate surface area is 98.8 Å². The van der Waals surface area contributed by atoms with Crippen LogP contribution < -0.4 is 0 Å². The molecule has 3 nitrogen and oxygen atoms in total. The lowest BCUT2D eigenvalue weighted by molar-refractivity contribution is 0.0968. The molecule has 0 radical (unpaired) electrons. The second-order valence-corrected chi connectivity index (χ2v) is 5.15. The lowest BCUT2D eigenvalue weighted by atomic mass is 10.1. The van der Waals surface area contributed by atoms with Crippen LogP contribution in [0.1, 0.15) is 47.8 Å². The maximum absolute atomic E-state index is 11.9. The van der Waals surface area contributed by atoms with Crippen molar-refractivity contribution in [1.29, 1.82) is 0 Å². The van der Waals surface area contributed by atoms with Gasteiger partial charge in [-0.05, 0) is 43.9 Å². The van der Waals surface area contributed by atoms with Gasteiger partial charge in [0.2, 0.25) is 0 Å². The van der Waals surface area contributed by atoms with Crippen molar-refractivity contribution in [3.63, 3.8) is 0 Å². The Bertz CT molecular complexity index is 606. The van der Waals surface area contributed by atoms with Crippen molar-refractivity contribution in [2.75, 3.05) is 0 Å². The summed E-state index contributed by atoms with van der Waals surface area (Å²) in [6.07, 6.45) is 4.45. The third-order valence-corrected chi connectivity index (χ3v) is 3.56. The standard InChI is InChI=1S/C14H13NO2/c16-13(8-1-2-8)10-5-6-12-11(7-10)15-14(17-12)9-3-4-9/h5-9H,1-4H2. The van der Waals surface area contributed by atoms with Crippen molar-refractivity contribution in [2.24, 2.45) is 5.92 Å². The zero-order valence-electron chi connectivity index (χ0n) is 9.48. The zero-order chi connectivity index (χ0) is 11.4. The van der Waals surface area contributed by atoms with Gasteiger partial charge in [-0.15, -0.1) is 0 Å². The minimum atomic E-state index is 0.266. The smallest absolute Gasteiger partial charge is 0.198 e. The van der Waals surface area contributed by atoms with Gasteiger partial charge >= 0.3 is 0 Å². The molecule has 0 aliphatic heterocycles. The number of hydrogen-bond donors (Lipinski definition) is 0. The van der Waals surface area contributed by atoms with Crippen molar-refractivity contribution >= 4 is 16.9 Å². The predicted octanol–water partition coefficient (Wildman–Crippen LogP) is 3.30. The normalized spacial score (nSPS) is 19.8. The Hall–Kier alpha value is -1.64. The van der Waals surface area contributed by atoms with Crippen LogP contribution in [0.2, 0.25) is 0 Å². The molecule has 4 rings (SSSR count). The molecule has 2 aromatic rings. The first-order valence-electron chi connectivity index (χ1n) is 6.26. The second kappa shape index (κ2) is 3.19. The van der Waals surface area contributed by atoms with Crippen molar-refractivity contribution in [1.82, 2.24) is 4.98 Å². The minimum Gasteiger partial charge on any atom is -0.440 e. The summed E-state index contributed by atoms with van der Waals surface area (Å²) in [5, 5.41) is 0. The molecule has 1 heterocycles. The van der Waals surface area contributed by atoms with Gasteiger partial charge in [-0.3, -0.25) is 4.79 Å². The molecule has 2 aliphatic rings. The summed E-state index contributed by atoms with van der Waals surface area (Å²) in [4.78, 5) is 16.4. The molecule has 2 fully saturated rings. The summed E-state index contributed by atoms with van der Waals surface area (Å²) in [6, 6.07) is 5.63. The van der Waals surface area contributed by atoms with E-state index in [1.807, 2.05) is 18.2 Å². The molecule has 0 saturated heterocycles. The first-order valence-corrected chi connectivity index (χ1v) is 6.26. The number of hydrogen-bond acceptors (Lipinski definition) is 3. The molecule has 0 spiro atoms. The van der Waals surface area contributed by atoms with E-state index in [-0.39, 0.29) is 11.7 Å². The molecule has 0 bridgehead atoms. The van der Waals surface area contributed by atoms with Gasteiger partial charge < -0.3 is 4.42 Å².